The van der Waals surface area contributed by atoms with Gasteiger partial charge in [-0.3, -0.25) is 14.5 Å². The van der Waals surface area contributed by atoms with E-state index in [1.54, 1.807) is 20.1 Å². The molecule has 3 aromatic rings. The number of imide groups is 1. The van der Waals surface area contributed by atoms with Crippen LogP contribution in [0.15, 0.2) is 78.9 Å². The lowest BCUT2D eigenvalue weighted by Gasteiger charge is -2.23. The van der Waals surface area contributed by atoms with Crippen molar-refractivity contribution in [2.45, 2.75) is 31.8 Å². The highest BCUT2D eigenvalue weighted by atomic mass is 16.5. The number of nitrogens with zero attached hydrogens (tertiary/aromatic N) is 1. The van der Waals surface area contributed by atoms with Crippen LogP contribution in [0.4, 0.5) is 4.79 Å². The van der Waals surface area contributed by atoms with Crippen LogP contribution in [0.3, 0.4) is 0 Å². The number of para-hydroxylation sites is 1. The standard InChI is InChI=1S/C28H29N3O4/c1-19(20-13-15-22(16-14-20)21-9-5-4-6-10-21)29-25(32)18-31-26(33)28(2,30-27(31)34)17-23-11-7-8-12-24(23)35-3/h4-16,19H,17-18H2,1-3H3,(H,29,32)(H,30,34)/t19-,28+/m0/s1. The molecule has 3 aromatic carbocycles. The number of hydrogen-bond acceptors (Lipinski definition) is 4. The summed E-state index contributed by atoms with van der Waals surface area (Å²) < 4.78 is 5.37. The molecule has 0 aliphatic carbocycles. The number of hydrogen-bond donors (Lipinski definition) is 2. The van der Waals surface area contributed by atoms with E-state index in [1.165, 1.54) is 0 Å². The maximum absolute atomic E-state index is 13.1. The van der Waals surface area contributed by atoms with Gasteiger partial charge < -0.3 is 15.4 Å². The zero-order chi connectivity index (χ0) is 25.0. The highest BCUT2D eigenvalue weighted by Gasteiger charge is 2.48. The van der Waals surface area contributed by atoms with Crippen molar-refractivity contribution in [3.8, 4) is 16.9 Å². The van der Waals surface area contributed by atoms with Gasteiger partial charge in [0.05, 0.1) is 13.2 Å². The Morgan fingerprint density at radius 2 is 1.60 bits per heavy atom. The number of methoxy groups -OCH3 is 1. The van der Waals surface area contributed by atoms with Crippen molar-refractivity contribution >= 4 is 17.8 Å². The molecule has 1 aliphatic rings. The SMILES string of the molecule is COc1ccccc1C[C@@]1(C)NC(=O)N(CC(=O)N[C@@H](C)c2ccc(-c3ccccc3)cc2)C1=O. The van der Waals surface area contributed by atoms with E-state index in [1.807, 2.05) is 79.7 Å². The van der Waals surface area contributed by atoms with E-state index in [2.05, 4.69) is 10.6 Å². The number of amides is 4. The Morgan fingerprint density at radius 1 is 0.971 bits per heavy atom. The van der Waals surface area contributed by atoms with Crippen LogP contribution in [0, 0.1) is 0 Å². The van der Waals surface area contributed by atoms with Gasteiger partial charge in [-0.1, -0.05) is 72.8 Å². The molecule has 2 atom stereocenters. The van der Waals surface area contributed by atoms with E-state index in [9.17, 15) is 14.4 Å². The van der Waals surface area contributed by atoms with E-state index in [-0.39, 0.29) is 19.0 Å². The van der Waals surface area contributed by atoms with Gasteiger partial charge in [0.15, 0.2) is 0 Å². The number of nitrogens with one attached hydrogen (secondary N) is 2. The molecule has 0 unspecified atom stereocenters. The average molecular weight is 472 g/mol. The van der Waals surface area contributed by atoms with Crippen molar-refractivity contribution in [2.24, 2.45) is 0 Å². The quantitative estimate of drug-likeness (QED) is 0.485. The molecule has 4 rings (SSSR count). The van der Waals surface area contributed by atoms with Crippen LogP contribution in [-0.2, 0) is 16.0 Å². The molecular formula is C28H29N3O4. The van der Waals surface area contributed by atoms with Gasteiger partial charge in [-0.2, -0.15) is 0 Å². The van der Waals surface area contributed by atoms with Crippen molar-refractivity contribution in [3.63, 3.8) is 0 Å². The predicted octanol–water partition coefficient (Wildman–Crippen LogP) is 4.09. The molecule has 7 heteroatoms. The maximum Gasteiger partial charge on any atom is 0.325 e. The van der Waals surface area contributed by atoms with Gasteiger partial charge in [0.25, 0.3) is 5.91 Å². The van der Waals surface area contributed by atoms with Gasteiger partial charge in [-0.05, 0) is 42.2 Å². The third kappa shape index (κ3) is 5.19. The molecule has 1 heterocycles. The molecule has 1 fully saturated rings. The molecule has 1 aliphatic heterocycles. The lowest BCUT2D eigenvalue weighted by Crippen LogP contribution is -2.47. The molecule has 0 spiro atoms. The van der Waals surface area contributed by atoms with Gasteiger partial charge in [-0.25, -0.2) is 4.79 Å². The molecule has 7 nitrogen and oxygen atoms in total. The van der Waals surface area contributed by atoms with Crippen molar-refractivity contribution in [1.82, 2.24) is 15.5 Å². The van der Waals surface area contributed by atoms with Gasteiger partial charge in [0.1, 0.15) is 17.8 Å². The van der Waals surface area contributed by atoms with Crippen molar-refractivity contribution in [2.75, 3.05) is 13.7 Å². The van der Waals surface area contributed by atoms with E-state index in [0.717, 1.165) is 27.2 Å². The van der Waals surface area contributed by atoms with E-state index >= 15 is 0 Å². The minimum absolute atomic E-state index is 0.254. The second kappa shape index (κ2) is 10.0. The van der Waals surface area contributed by atoms with Crippen LogP contribution < -0.4 is 15.4 Å². The number of carbonyl (C=O) groups is 3. The zero-order valence-corrected chi connectivity index (χ0v) is 20.1. The van der Waals surface area contributed by atoms with Gasteiger partial charge in [0.2, 0.25) is 5.91 Å². The Balaban J connectivity index is 1.38. The van der Waals surface area contributed by atoms with E-state index in [4.69, 9.17) is 4.74 Å². The summed E-state index contributed by atoms with van der Waals surface area (Å²) >= 11 is 0. The summed E-state index contributed by atoms with van der Waals surface area (Å²) in [4.78, 5) is 39.4. The molecule has 35 heavy (non-hydrogen) atoms. The van der Waals surface area contributed by atoms with Crippen molar-refractivity contribution in [3.05, 3.63) is 90.0 Å². The predicted molar refractivity (Wildman–Crippen MR) is 134 cm³/mol. The second-order valence-electron chi connectivity index (χ2n) is 8.92. The second-order valence-corrected chi connectivity index (χ2v) is 8.92. The van der Waals surface area contributed by atoms with Gasteiger partial charge in [0, 0.05) is 6.42 Å². The molecule has 0 radical (unpaired) electrons. The lowest BCUT2D eigenvalue weighted by atomic mass is 9.92. The first-order valence-electron chi connectivity index (χ1n) is 11.5. The first-order valence-corrected chi connectivity index (χ1v) is 11.5. The Kier molecular flexibility index (Phi) is 6.87. The molecule has 0 bridgehead atoms. The van der Waals surface area contributed by atoms with Gasteiger partial charge >= 0.3 is 6.03 Å². The summed E-state index contributed by atoms with van der Waals surface area (Å²) in [6, 6.07) is 24.5. The molecule has 2 N–H and O–H groups in total. The highest BCUT2D eigenvalue weighted by molar-refractivity contribution is 6.09. The van der Waals surface area contributed by atoms with Crippen LogP contribution in [0.5, 0.6) is 5.75 Å². The van der Waals surface area contributed by atoms with E-state index in [0.29, 0.717) is 5.75 Å². The Hall–Kier alpha value is -4.13. The molecular weight excluding hydrogens is 442 g/mol. The van der Waals surface area contributed by atoms with Crippen LogP contribution in [-0.4, -0.2) is 41.9 Å². The van der Waals surface area contributed by atoms with Crippen LogP contribution in [0.1, 0.15) is 31.0 Å². The summed E-state index contributed by atoms with van der Waals surface area (Å²) in [5, 5.41) is 5.63. The maximum atomic E-state index is 13.1. The Bertz CT molecular complexity index is 1230. The zero-order valence-electron chi connectivity index (χ0n) is 20.1. The molecule has 4 amide bonds. The summed E-state index contributed by atoms with van der Waals surface area (Å²) in [7, 11) is 1.56. The number of ether oxygens (including phenoxy) is 1. The van der Waals surface area contributed by atoms with Crippen LogP contribution in [0.25, 0.3) is 11.1 Å². The third-order valence-corrected chi connectivity index (χ3v) is 6.28. The molecule has 0 saturated carbocycles. The lowest BCUT2D eigenvalue weighted by molar-refractivity contribution is -0.134. The van der Waals surface area contributed by atoms with Crippen molar-refractivity contribution in [1.29, 1.82) is 0 Å². The van der Waals surface area contributed by atoms with E-state index < -0.39 is 23.4 Å². The minimum Gasteiger partial charge on any atom is -0.496 e. The third-order valence-electron chi connectivity index (χ3n) is 6.28. The number of rotatable bonds is 8. The summed E-state index contributed by atoms with van der Waals surface area (Å²) in [5.41, 5.74) is 2.76. The fourth-order valence-electron chi connectivity index (χ4n) is 4.35. The smallest absolute Gasteiger partial charge is 0.325 e. The summed E-state index contributed by atoms with van der Waals surface area (Å²) in [5.74, 6) is -0.211. The fraction of sp³-hybridized carbons (Fsp3) is 0.250. The summed E-state index contributed by atoms with van der Waals surface area (Å²) in [6.45, 7) is 3.18. The topological polar surface area (TPSA) is 87.7 Å². The first kappa shape index (κ1) is 24.0. The average Bonchev–Trinajstić information content (AvgIpc) is 3.07. The van der Waals surface area contributed by atoms with Crippen LogP contribution >= 0.6 is 0 Å². The number of urea groups is 1. The normalized spacial score (nSPS) is 18.2. The Labute approximate surface area is 205 Å². The number of carbonyl (C=O) groups excluding carboxylic acids is 3. The van der Waals surface area contributed by atoms with Gasteiger partial charge in [-0.15, -0.1) is 0 Å². The monoisotopic (exact) mass is 471 g/mol. The molecule has 1 saturated heterocycles. The van der Waals surface area contributed by atoms with Crippen LogP contribution in [0.2, 0.25) is 0 Å². The fourth-order valence-corrected chi connectivity index (χ4v) is 4.35. The molecule has 0 aromatic heterocycles. The molecule has 180 valence electrons. The van der Waals surface area contributed by atoms with Crippen molar-refractivity contribution < 1.29 is 19.1 Å². The largest absolute Gasteiger partial charge is 0.496 e. The Morgan fingerprint density at radius 3 is 2.29 bits per heavy atom. The minimum atomic E-state index is -1.16. The number of benzene rings is 3. The first-order chi connectivity index (χ1) is 16.8. The summed E-state index contributed by atoms with van der Waals surface area (Å²) in [6.07, 6.45) is 0.254. The highest BCUT2D eigenvalue weighted by Crippen LogP contribution is 2.27.